The molecular weight excluding hydrogens is 476 g/mol. The number of benzene rings is 3. The van der Waals surface area contributed by atoms with Crippen molar-refractivity contribution in [2.75, 3.05) is 12.4 Å². The van der Waals surface area contributed by atoms with Crippen molar-refractivity contribution in [3.8, 4) is 11.5 Å². The van der Waals surface area contributed by atoms with Gasteiger partial charge in [0.1, 0.15) is 17.5 Å². The summed E-state index contributed by atoms with van der Waals surface area (Å²) in [6.45, 7) is 12.4. The number of hydrogen-bond donors (Lipinski definition) is 3. The predicted molar refractivity (Wildman–Crippen MR) is 153 cm³/mol. The fourth-order valence-electron chi connectivity index (χ4n) is 4.31. The number of amides is 2. The number of ether oxygens (including phenoxy) is 1. The van der Waals surface area contributed by atoms with E-state index in [4.69, 9.17) is 4.74 Å². The normalized spacial score (nSPS) is 12.5. The number of hydrogen-bond acceptors (Lipinski definition) is 4. The van der Waals surface area contributed by atoms with Crippen molar-refractivity contribution in [2.45, 2.75) is 71.3 Å². The van der Waals surface area contributed by atoms with Gasteiger partial charge in [0.05, 0.1) is 7.11 Å². The van der Waals surface area contributed by atoms with Crippen LogP contribution >= 0.6 is 0 Å². The van der Waals surface area contributed by atoms with E-state index in [9.17, 15) is 14.7 Å². The van der Waals surface area contributed by atoms with Crippen LogP contribution in [0.5, 0.6) is 11.5 Å². The van der Waals surface area contributed by atoms with Crippen molar-refractivity contribution in [1.29, 1.82) is 0 Å². The number of aryl methyl sites for hydroxylation is 1. The van der Waals surface area contributed by atoms with Gasteiger partial charge < -0.3 is 20.5 Å². The van der Waals surface area contributed by atoms with Gasteiger partial charge in [0.15, 0.2) is 0 Å². The van der Waals surface area contributed by atoms with E-state index >= 15 is 0 Å². The highest BCUT2D eigenvalue weighted by molar-refractivity contribution is 5.98. The van der Waals surface area contributed by atoms with Crippen LogP contribution in [0.15, 0.2) is 66.7 Å². The Bertz CT molecular complexity index is 1220. The monoisotopic (exact) mass is 516 g/mol. The average Bonchev–Trinajstić information content (AvgIpc) is 2.86. The van der Waals surface area contributed by atoms with Gasteiger partial charge >= 0.3 is 0 Å². The summed E-state index contributed by atoms with van der Waals surface area (Å²) < 4.78 is 5.18. The summed E-state index contributed by atoms with van der Waals surface area (Å²) >= 11 is 0. The minimum absolute atomic E-state index is 0.205. The highest BCUT2D eigenvalue weighted by Gasteiger charge is 2.27. The van der Waals surface area contributed by atoms with E-state index in [1.54, 1.807) is 31.4 Å². The van der Waals surface area contributed by atoms with Gasteiger partial charge in [-0.3, -0.25) is 9.59 Å². The number of anilines is 1. The first-order chi connectivity index (χ1) is 17.8. The van der Waals surface area contributed by atoms with Crippen molar-refractivity contribution < 1.29 is 19.4 Å². The first-order valence-electron chi connectivity index (χ1n) is 13.0. The Morgan fingerprint density at radius 2 is 1.42 bits per heavy atom. The molecule has 0 fully saturated rings. The topological polar surface area (TPSA) is 87.7 Å². The van der Waals surface area contributed by atoms with E-state index in [-0.39, 0.29) is 29.1 Å². The summed E-state index contributed by atoms with van der Waals surface area (Å²) in [7, 11) is 1.58. The molecular formula is C32H40N2O4. The summed E-state index contributed by atoms with van der Waals surface area (Å²) in [5.74, 6) is 0.447. The van der Waals surface area contributed by atoms with Crippen LogP contribution in [-0.4, -0.2) is 24.0 Å². The second kappa shape index (κ2) is 11.7. The molecule has 2 amide bonds. The third-order valence-electron chi connectivity index (χ3n) is 6.48. The van der Waals surface area contributed by atoms with Gasteiger partial charge in [-0.2, -0.15) is 0 Å². The average molecular weight is 517 g/mol. The molecule has 0 radical (unpaired) electrons. The first-order valence-corrected chi connectivity index (χ1v) is 13.0. The van der Waals surface area contributed by atoms with Crippen LogP contribution in [0.25, 0.3) is 0 Å². The zero-order valence-electron chi connectivity index (χ0n) is 23.5. The van der Waals surface area contributed by atoms with Gasteiger partial charge in [0, 0.05) is 12.1 Å². The minimum atomic E-state index is -0.846. The molecule has 0 saturated carbocycles. The van der Waals surface area contributed by atoms with E-state index in [1.165, 1.54) is 0 Å². The standard InChI is InChI=1S/C32H40N2O4/c1-31(2,3)25-19-21(20-26(29(25)36)32(4,5)6)13-18-27(35)34-28(22-11-9-8-10-12-22)30(37)33-23-14-16-24(38-7)17-15-23/h8-12,14-17,19-20,28,36H,13,18H2,1-7H3,(H,33,37)(H,34,35)/t28-/m0/s1. The fourth-order valence-corrected chi connectivity index (χ4v) is 4.31. The molecule has 3 N–H and O–H groups in total. The lowest BCUT2D eigenvalue weighted by Gasteiger charge is -2.28. The van der Waals surface area contributed by atoms with Gasteiger partial charge in [0.25, 0.3) is 5.91 Å². The molecule has 38 heavy (non-hydrogen) atoms. The molecule has 0 saturated heterocycles. The number of rotatable bonds is 8. The van der Waals surface area contributed by atoms with Gasteiger partial charge in [-0.1, -0.05) is 84.0 Å². The molecule has 3 rings (SSSR count). The molecule has 0 aromatic heterocycles. The molecule has 0 aliphatic carbocycles. The summed E-state index contributed by atoms with van der Waals surface area (Å²) in [6, 6.07) is 19.4. The summed E-state index contributed by atoms with van der Waals surface area (Å²) in [4.78, 5) is 26.4. The van der Waals surface area contributed by atoms with Crippen molar-refractivity contribution >= 4 is 17.5 Å². The Hall–Kier alpha value is -3.80. The Morgan fingerprint density at radius 3 is 1.92 bits per heavy atom. The van der Waals surface area contributed by atoms with Crippen molar-refractivity contribution in [1.82, 2.24) is 5.32 Å². The molecule has 0 unspecified atom stereocenters. The third kappa shape index (κ3) is 7.37. The maximum Gasteiger partial charge on any atom is 0.251 e. The number of phenolic OH excluding ortho intramolecular Hbond substituents is 1. The largest absolute Gasteiger partial charge is 0.507 e. The quantitative estimate of drug-likeness (QED) is 0.322. The molecule has 0 aliphatic rings. The first kappa shape index (κ1) is 28.8. The number of aromatic hydroxyl groups is 1. The van der Waals surface area contributed by atoms with Crippen LogP contribution in [0.3, 0.4) is 0 Å². The van der Waals surface area contributed by atoms with Gasteiger partial charge in [-0.05, 0) is 63.8 Å². The Balaban J connectivity index is 1.79. The number of carbonyl (C=O) groups is 2. The smallest absolute Gasteiger partial charge is 0.251 e. The van der Waals surface area contributed by atoms with Crippen molar-refractivity contribution in [3.05, 3.63) is 89.0 Å². The number of carbonyl (C=O) groups excluding carboxylic acids is 2. The SMILES string of the molecule is COc1ccc(NC(=O)[C@@H](NC(=O)CCc2cc(C(C)(C)C)c(O)c(C(C)(C)C)c2)c2ccccc2)cc1. The number of nitrogens with one attached hydrogen (secondary N) is 2. The number of methoxy groups -OCH3 is 1. The van der Waals surface area contributed by atoms with Crippen LogP contribution in [0.2, 0.25) is 0 Å². The van der Waals surface area contributed by atoms with E-state index in [0.29, 0.717) is 29.2 Å². The Labute approximate surface area is 226 Å². The molecule has 6 nitrogen and oxygen atoms in total. The molecule has 0 bridgehead atoms. The lowest BCUT2D eigenvalue weighted by atomic mass is 9.78. The maximum absolute atomic E-state index is 13.2. The minimum Gasteiger partial charge on any atom is -0.507 e. The summed E-state index contributed by atoms with van der Waals surface area (Å²) in [6.07, 6.45) is 0.691. The van der Waals surface area contributed by atoms with Gasteiger partial charge in [0.2, 0.25) is 5.91 Å². The van der Waals surface area contributed by atoms with Crippen LogP contribution in [-0.2, 0) is 26.8 Å². The van der Waals surface area contributed by atoms with Crippen molar-refractivity contribution in [3.63, 3.8) is 0 Å². The highest BCUT2D eigenvalue weighted by atomic mass is 16.5. The summed E-state index contributed by atoms with van der Waals surface area (Å²) in [5, 5.41) is 16.8. The molecule has 1 atom stereocenters. The zero-order valence-corrected chi connectivity index (χ0v) is 23.5. The maximum atomic E-state index is 13.2. The third-order valence-corrected chi connectivity index (χ3v) is 6.48. The summed E-state index contributed by atoms with van der Waals surface area (Å²) in [5.41, 5.74) is 3.51. The predicted octanol–water partition coefficient (Wildman–Crippen LogP) is 6.42. The van der Waals surface area contributed by atoms with Crippen LogP contribution in [0.4, 0.5) is 5.69 Å². The molecule has 0 spiro atoms. The Kier molecular flexibility index (Phi) is 8.87. The lowest BCUT2D eigenvalue weighted by Crippen LogP contribution is -2.37. The highest BCUT2D eigenvalue weighted by Crippen LogP contribution is 2.40. The van der Waals surface area contributed by atoms with Gasteiger partial charge in [-0.25, -0.2) is 0 Å². The van der Waals surface area contributed by atoms with E-state index < -0.39 is 6.04 Å². The molecule has 3 aromatic rings. The molecule has 3 aromatic carbocycles. The lowest BCUT2D eigenvalue weighted by molar-refractivity contribution is -0.126. The zero-order chi connectivity index (χ0) is 28.1. The van der Waals surface area contributed by atoms with Crippen LogP contribution < -0.4 is 15.4 Å². The van der Waals surface area contributed by atoms with E-state index in [1.807, 2.05) is 42.5 Å². The van der Waals surface area contributed by atoms with E-state index in [0.717, 1.165) is 16.7 Å². The molecule has 0 aliphatic heterocycles. The van der Waals surface area contributed by atoms with E-state index in [2.05, 4.69) is 52.2 Å². The second-order valence-corrected chi connectivity index (χ2v) is 11.7. The van der Waals surface area contributed by atoms with Crippen molar-refractivity contribution in [2.24, 2.45) is 0 Å². The fraction of sp³-hybridized carbons (Fsp3) is 0.375. The molecule has 202 valence electrons. The molecule has 6 heteroatoms. The molecule has 0 heterocycles. The number of phenols is 1. The van der Waals surface area contributed by atoms with Crippen LogP contribution in [0.1, 0.15) is 76.3 Å². The van der Waals surface area contributed by atoms with Gasteiger partial charge in [-0.15, -0.1) is 0 Å². The van der Waals surface area contributed by atoms with Crippen LogP contribution in [0, 0.1) is 0 Å². The second-order valence-electron chi connectivity index (χ2n) is 11.7. The Morgan fingerprint density at radius 1 is 0.868 bits per heavy atom.